The highest BCUT2D eigenvalue weighted by molar-refractivity contribution is 8.15. The summed E-state index contributed by atoms with van der Waals surface area (Å²) in [6, 6.07) is 5.33. The number of hydrogen-bond acceptors (Lipinski definition) is 6. The lowest BCUT2D eigenvalue weighted by atomic mass is 10.1. The second kappa shape index (κ2) is 6.35. The average Bonchev–Trinajstić information content (AvgIpc) is 2.84. The van der Waals surface area contributed by atoms with Crippen molar-refractivity contribution in [2.24, 2.45) is 10.2 Å². The first-order valence-electron chi connectivity index (χ1n) is 5.54. The zero-order chi connectivity index (χ0) is 13.7. The molecule has 1 saturated heterocycles. The number of nitrogens with zero attached hydrogens (tertiary/aromatic N) is 2. The van der Waals surface area contributed by atoms with E-state index in [1.165, 1.54) is 11.8 Å². The van der Waals surface area contributed by atoms with E-state index in [0.717, 1.165) is 5.56 Å². The Labute approximate surface area is 114 Å². The number of amidine groups is 1. The van der Waals surface area contributed by atoms with E-state index in [4.69, 9.17) is 4.74 Å². The number of nitrogens with one attached hydrogen (secondary N) is 1. The van der Waals surface area contributed by atoms with Gasteiger partial charge in [0, 0.05) is 5.56 Å². The van der Waals surface area contributed by atoms with Crippen molar-refractivity contribution in [3.05, 3.63) is 29.3 Å². The van der Waals surface area contributed by atoms with Crippen molar-refractivity contribution >= 4 is 29.1 Å². The van der Waals surface area contributed by atoms with Crippen LogP contribution in [-0.4, -0.2) is 35.3 Å². The minimum atomic E-state index is -0.106. The van der Waals surface area contributed by atoms with Crippen LogP contribution in [0.2, 0.25) is 0 Å². The molecule has 7 heteroatoms. The van der Waals surface area contributed by atoms with Gasteiger partial charge < -0.3 is 15.2 Å². The van der Waals surface area contributed by atoms with Crippen molar-refractivity contribution in [3.63, 3.8) is 0 Å². The molecule has 0 spiro atoms. The van der Waals surface area contributed by atoms with E-state index in [-0.39, 0.29) is 12.5 Å². The maximum atomic E-state index is 10.9. The SMILES string of the molecule is COc1ccc(C=NN=C2NC(=O)CS2)cc1CO. The van der Waals surface area contributed by atoms with E-state index in [0.29, 0.717) is 22.2 Å². The second-order valence-electron chi connectivity index (χ2n) is 3.72. The Morgan fingerprint density at radius 1 is 1.58 bits per heavy atom. The van der Waals surface area contributed by atoms with Crippen LogP contribution in [0.5, 0.6) is 5.75 Å². The summed E-state index contributed by atoms with van der Waals surface area (Å²) < 4.78 is 5.11. The largest absolute Gasteiger partial charge is 0.496 e. The number of aliphatic hydroxyl groups excluding tert-OH is 1. The van der Waals surface area contributed by atoms with Crippen molar-refractivity contribution in [2.75, 3.05) is 12.9 Å². The molecule has 1 heterocycles. The normalized spacial score (nSPS) is 17.2. The molecule has 0 atom stereocenters. The van der Waals surface area contributed by atoms with Crippen LogP contribution in [0, 0.1) is 0 Å². The highest BCUT2D eigenvalue weighted by Gasteiger charge is 2.15. The van der Waals surface area contributed by atoms with Gasteiger partial charge in [0.05, 0.1) is 25.7 Å². The molecule has 0 aromatic heterocycles. The lowest BCUT2D eigenvalue weighted by molar-refractivity contribution is -0.116. The number of methoxy groups -OCH3 is 1. The van der Waals surface area contributed by atoms with Crippen molar-refractivity contribution in [1.82, 2.24) is 5.32 Å². The Kier molecular flexibility index (Phi) is 4.53. The molecular formula is C12H13N3O3S. The van der Waals surface area contributed by atoms with Gasteiger partial charge in [0.25, 0.3) is 0 Å². The Balaban J connectivity index is 2.08. The fourth-order valence-corrected chi connectivity index (χ4v) is 2.16. The fraction of sp³-hybridized carbons (Fsp3) is 0.250. The van der Waals surface area contributed by atoms with Crippen LogP contribution in [0.4, 0.5) is 0 Å². The van der Waals surface area contributed by atoms with Crippen LogP contribution in [0.1, 0.15) is 11.1 Å². The van der Waals surface area contributed by atoms with Gasteiger partial charge in [-0.3, -0.25) is 4.79 Å². The number of carbonyl (C=O) groups excluding carboxylic acids is 1. The number of amides is 1. The maximum Gasteiger partial charge on any atom is 0.236 e. The monoisotopic (exact) mass is 279 g/mol. The highest BCUT2D eigenvalue weighted by atomic mass is 32.2. The second-order valence-corrected chi connectivity index (χ2v) is 4.68. The number of aliphatic hydroxyl groups is 1. The molecule has 0 aliphatic carbocycles. The van der Waals surface area contributed by atoms with Crippen molar-refractivity contribution < 1.29 is 14.6 Å². The summed E-state index contributed by atoms with van der Waals surface area (Å²) in [7, 11) is 1.55. The highest BCUT2D eigenvalue weighted by Crippen LogP contribution is 2.19. The van der Waals surface area contributed by atoms with Gasteiger partial charge in [-0.2, -0.15) is 5.10 Å². The first-order valence-corrected chi connectivity index (χ1v) is 6.53. The van der Waals surface area contributed by atoms with Gasteiger partial charge in [-0.25, -0.2) is 0 Å². The third-order valence-corrected chi connectivity index (χ3v) is 3.28. The molecule has 1 aromatic carbocycles. The van der Waals surface area contributed by atoms with E-state index >= 15 is 0 Å². The number of carbonyl (C=O) groups is 1. The molecule has 1 fully saturated rings. The Morgan fingerprint density at radius 3 is 3.05 bits per heavy atom. The summed E-state index contributed by atoms with van der Waals surface area (Å²) in [5.74, 6) is 0.946. The number of thioether (sulfide) groups is 1. The number of benzene rings is 1. The molecule has 1 aliphatic rings. The molecule has 0 radical (unpaired) electrons. The molecule has 1 amide bonds. The Hall–Kier alpha value is -1.86. The lowest BCUT2D eigenvalue weighted by Gasteiger charge is -2.06. The predicted octanol–water partition coefficient (Wildman–Crippen LogP) is 0.740. The van der Waals surface area contributed by atoms with Gasteiger partial charge in [-0.1, -0.05) is 11.8 Å². The van der Waals surface area contributed by atoms with Crippen molar-refractivity contribution in [3.8, 4) is 5.75 Å². The van der Waals surface area contributed by atoms with Crippen LogP contribution in [0.3, 0.4) is 0 Å². The van der Waals surface area contributed by atoms with E-state index in [9.17, 15) is 9.90 Å². The lowest BCUT2D eigenvalue weighted by Crippen LogP contribution is -2.19. The van der Waals surface area contributed by atoms with Gasteiger partial charge in [-0.05, 0) is 23.8 Å². The van der Waals surface area contributed by atoms with Crippen molar-refractivity contribution in [2.45, 2.75) is 6.61 Å². The van der Waals surface area contributed by atoms with Gasteiger partial charge >= 0.3 is 0 Å². The number of hydrogen-bond donors (Lipinski definition) is 2. The molecule has 100 valence electrons. The van der Waals surface area contributed by atoms with Crippen LogP contribution in [0.15, 0.2) is 28.4 Å². The molecule has 0 bridgehead atoms. The van der Waals surface area contributed by atoms with E-state index in [1.54, 1.807) is 25.5 Å². The number of ether oxygens (including phenoxy) is 1. The molecule has 2 N–H and O–H groups in total. The standard InChI is InChI=1S/C12H13N3O3S/c1-18-10-3-2-8(4-9(10)6-16)5-13-15-12-14-11(17)7-19-12/h2-5,16H,6-7H2,1H3,(H,14,15,17). The van der Waals surface area contributed by atoms with Gasteiger partial charge in [-0.15, -0.1) is 5.10 Å². The minimum absolute atomic E-state index is 0.0639. The zero-order valence-corrected chi connectivity index (χ0v) is 11.1. The van der Waals surface area contributed by atoms with Crippen molar-refractivity contribution in [1.29, 1.82) is 0 Å². The minimum Gasteiger partial charge on any atom is -0.496 e. The van der Waals surface area contributed by atoms with Crippen LogP contribution in [0.25, 0.3) is 0 Å². The van der Waals surface area contributed by atoms with E-state index in [1.807, 2.05) is 6.07 Å². The maximum absolute atomic E-state index is 10.9. The summed E-state index contributed by atoms with van der Waals surface area (Å²) in [5, 5.41) is 20.1. The van der Waals surface area contributed by atoms with Crippen LogP contribution >= 0.6 is 11.8 Å². The predicted molar refractivity (Wildman–Crippen MR) is 74.5 cm³/mol. The molecule has 6 nitrogen and oxygen atoms in total. The summed E-state index contributed by atoms with van der Waals surface area (Å²) >= 11 is 1.31. The van der Waals surface area contributed by atoms with E-state index < -0.39 is 0 Å². The fourth-order valence-electron chi connectivity index (χ4n) is 1.53. The summed E-state index contributed by atoms with van der Waals surface area (Å²) in [6.07, 6.45) is 1.55. The van der Waals surface area contributed by atoms with Crippen LogP contribution < -0.4 is 10.1 Å². The van der Waals surface area contributed by atoms with Gasteiger partial charge in [0.15, 0.2) is 5.17 Å². The molecule has 1 aromatic rings. The average molecular weight is 279 g/mol. The number of rotatable bonds is 4. The van der Waals surface area contributed by atoms with Gasteiger partial charge in [0.1, 0.15) is 5.75 Å². The quantitative estimate of drug-likeness (QED) is 0.629. The van der Waals surface area contributed by atoms with Crippen LogP contribution in [-0.2, 0) is 11.4 Å². The summed E-state index contributed by atoms with van der Waals surface area (Å²) in [4.78, 5) is 10.9. The van der Waals surface area contributed by atoms with E-state index in [2.05, 4.69) is 15.5 Å². The first kappa shape index (κ1) is 13.6. The Bertz CT molecular complexity index is 543. The summed E-state index contributed by atoms with van der Waals surface area (Å²) in [5.41, 5.74) is 1.48. The molecule has 2 rings (SSSR count). The molecular weight excluding hydrogens is 266 g/mol. The first-order chi connectivity index (χ1) is 9.22. The third-order valence-electron chi connectivity index (χ3n) is 2.42. The Morgan fingerprint density at radius 2 is 2.42 bits per heavy atom. The molecule has 1 aliphatic heterocycles. The smallest absolute Gasteiger partial charge is 0.236 e. The molecule has 19 heavy (non-hydrogen) atoms. The summed E-state index contributed by atoms with van der Waals surface area (Å²) in [6.45, 7) is -0.106. The topological polar surface area (TPSA) is 83.3 Å². The molecule has 0 saturated carbocycles. The third kappa shape index (κ3) is 3.55. The molecule has 0 unspecified atom stereocenters. The zero-order valence-electron chi connectivity index (χ0n) is 10.3. The van der Waals surface area contributed by atoms with Gasteiger partial charge in [0.2, 0.25) is 5.91 Å².